The second-order valence-corrected chi connectivity index (χ2v) is 8.11. The number of nitrogens with one attached hydrogen (secondary N) is 2. The van der Waals surface area contributed by atoms with Crippen molar-refractivity contribution in [2.24, 2.45) is 0 Å². The highest BCUT2D eigenvalue weighted by Gasteiger charge is 2.12. The van der Waals surface area contributed by atoms with Gasteiger partial charge in [-0.05, 0) is 38.3 Å². The molecule has 8 heteroatoms. The lowest BCUT2D eigenvalue weighted by Gasteiger charge is -2.05. The van der Waals surface area contributed by atoms with Crippen molar-refractivity contribution in [1.82, 2.24) is 15.0 Å². The molecule has 2 aromatic heterocycles. The molecule has 1 aromatic carbocycles. The van der Waals surface area contributed by atoms with Gasteiger partial charge in [0, 0.05) is 40.2 Å². The van der Waals surface area contributed by atoms with E-state index >= 15 is 0 Å². The first-order valence-corrected chi connectivity index (χ1v) is 10.1. The number of aromatic amines is 1. The Balaban J connectivity index is 1.60. The van der Waals surface area contributed by atoms with E-state index < -0.39 is 0 Å². The molecule has 0 bridgehead atoms. The summed E-state index contributed by atoms with van der Waals surface area (Å²) in [5, 5.41) is 4.09. The molecule has 0 unspecified atom stereocenters. The minimum Gasteiger partial charge on any atom is -0.311 e. The maximum Gasteiger partial charge on any atom is 0.254 e. The Labute approximate surface area is 172 Å². The summed E-state index contributed by atoms with van der Waals surface area (Å²) in [6, 6.07) is 5.94. The van der Waals surface area contributed by atoms with Gasteiger partial charge in [0.15, 0.2) is 5.13 Å². The number of nitrogens with zero attached hydrogens (tertiary/aromatic N) is 2. The number of benzene rings is 1. The first kappa shape index (κ1) is 20.2. The van der Waals surface area contributed by atoms with Crippen molar-refractivity contribution in [2.45, 2.75) is 40.0 Å². The van der Waals surface area contributed by atoms with E-state index in [9.17, 15) is 9.59 Å². The highest BCUT2D eigenvalue weighted by atomic mass is 35.5. The van der Waals surface area contributed by atoms with Crippen LogP contribution in [0, 0.1) is 20.8 Å². The van der Waals surface area contributed by atoms with E-state index in [1.807, 2.05) is 25.1 Å². The Kier molecular flexibility index (Phi) is 6.26. The fourth-order valence-electron chi connectivity index (χ4n) is 2.95. The molecule has 6 nitrogen and oxygen atoms in total. The lowest BCUT2D eigenvalue weighted by Crippen LogP contribution is -2.20. The number of thiazole rings is 1. The van der Waals surface area contributed by atoms with Gasteiger partial charge in [0.2, 0.25) is 5.91 Å². The van der Waals surface area contributed by atoms with Crippen LogP contribution in [-0.2, 0) is 17.6 Å². The van der Waals surface area contributed by atoms with Crippen LogP contribution < -0.4 is 10.9 Å². The number of hydrogen-bond acceptors (Lipinski definition) is 5. The molecule has 28 heavy (non-hydrogen) atoms. The van der Waals surface area contributed by atoms with Gasteiger partial charge in [-0.25, -0.2) is 9.97 Å². The van der Waals surface area contributed by atoms with Crippen molar-refractivity contribution in [1.29, 1.82) is 0 Å². The van der Waals surface area contributed by atoms with E-state index in [1.54, 1.807) is 20.0 Å². The smallest absolute Gasteiger partial charge is 0.254 e. The SMILES string of the molecule is Cc1nc(C)c(CCC(=O)Nc2ncc(Cc3cccc(C)c3Cl)s2)c(=O)[nH]1. The number of anilines is 1. The Morgan fingerprint density at radius 1 is 1.29 bits per heavy atom. The number of aryl methyl sites for hydroxylation is 3. The van der Waals surface area contributed by atoms with E-state index in [-0.39, 0.29) is 17.9 Å². The normalized spacial score (nSPS) is 10.9. The number of hydrogen-bond donors (Lipinski definition) is 2. The minimum absolute atomic E-state index is 0.186. The van der Waals surface area contributed by atoms with Crippen LogP contribution in [0.25, 0.3) is 0 Å². The summed E-state index contributed by atoms with van der Waals surface area (Å²) >= 11 is 7.77. The third-order valence-electron chi connectivity index (χ3n) is 4.38. The van der Waals surface area contributed by atoms with Crippen LogP contribution in [0.2, 0.25) is 5.02 Å². The first-order chi connectivity index (χ1) is 13.3. The van der Waals surface area contributed by atoms with Crippen LogP contribution in [-0.4, -0.2) is 20.9 Å². The fourth-order valence-corrected chi connectivity index (χ4v) is 3.99. The second kappa shape index (κ2) is 8.67. The molecule has 2 heterocycles. The van der Waals surface area contributed by atoms with E-state index in [2.05, 4.69) is 20.3 Å². The van der Waals surface area contributed by atoms with Gasteiger partial charge in [0.1, 0.15) is 5.82 Å². The number of carbonyl (C=O) groups excluding carboxylic acids is 1. The van der Waals surface area contributed by atoms with Gasteiger partial charge < -0.3 is 10.3 Å². The third-order valence-corrected chi connectivity index (χ3v) is 5.83. The summed E-state index contributed by atoms with van der Waals surface area (Å²) in [6.45, 7) is 5.48. The molecule has 0 saturated carbocycles. The molecule has 2 N–H and O–H groups in total. The molecule has 0 fully saturated rings. The van der Waals surface area contributed by atoms with Gasteiger partial charge in [-0.15, -0.1) is 11.3 Å². The summed E-state index contributed by atoms with van der Waals surface area (Å²) in [5.41, 5.74) is 3.07. The summed E-state index contributed by atoms with van der Waals surface area (Å²) in [6.07, 6.45) is 2.93. The lowest BCUT2D eigenvalue weighted by molar-refractivity contribution is -0.116. The Hall–Kier alpha value is -2.51. The molecular formula is C20H21ClN4O2S. The van der Waals surface area contributed by atoms with Crippen LogP contribution in [0.4, 0.5) is 5.13 Å². The van der Waals surface area contributed by atoms with Crippen molar-refractivity contribution >= 4 is 34.0 Å². The first-order valence-electron chi connectivity index (χ1n) is 8.88. The molecule has 146 valence electrons. The van der Waals surface area contributed by atoms with Gasteiger partial charge in [0.05, 0.1) is 0 Å². The zero-order valence-electron chi connectivity index (χ0n) is 15.9. The summed E-state index contributed by atoms with van der Waals surface area (Å²) < 4.78 is 0. The van der Waals surface area contributed by atoms with Crippen molar-refractivity contribution < 1.29 is 4.79 Å². The molecule has 0 spiro atoms. The average Bonchev–Trinajstić information content (AvgIpc) is 3.05. The number of H-pyrrole nitrogens is 1. The van der Waals surface area contributed by atoms with Crippen LogP contribution in [0.3, 0.4) is 0 Å². The second-order valence-electron chi connectivity index (χ2n) is 6.62. The quantitative estimate of drug-likeness (QED) is 0.636. The zero-order valence-corrected chi connectivity index (χ0v) is 17.5. The zero-order chi connectivity index (χ0) is 20.3. The fraction of sp³-hybridized carbons (Fsp3) is 0.300. The van der Waals surface area contributed by atoms with Crippen molar-refractivity contribution in [3.05, 3.63) is 72.9 Å². The topological polar surface area (TPSA) is 87.7 Å². The van der Waals surface area contributed by atoms with Gasteiger partial charge in [-0.2, -0.15) is 0 Å². The van der Waals surface area contributed by atoms with E-state index in [4.69, 9.17) is 11.6 Å². The predicted molar refractivity (Wildman–Crippen MR) is 112 cm³/mol. The molecule has 1 amide bonds. The Morgan fingerprint density at radius 2 is 2.07 bits per heavy atom. The maximum atomic E-state index is 12.2. The van der Waals surface area contributed by atoms with Crippen LogP contribution in [0.5, 0.6) is 0 Å². The number of carbonyl (C=O) groups is 1. The molecular weight excluding hydrogens is 396 g/mol. The van der Waals surface area contributed by atoms with Gasteiger partial charge in [-0.1, -0.05) is 29.8 Å². The number of rotatable bonds is 6. The van der Waals surface area contributed by atoms with Crippen molar-refractivity contribution in [3.63, 3.8) is 0 Å². The number of amides is 1. The van der Waals surface area contributed by atoms with Crippen LogP contribution in [0.1, 0.15) is 39.5 Å². The highest BCUT2D eigenvalue weighted by Crippen LogP contribution is 2.26. The molecule has 0 aliphatic heterocycles. The Morgan fingerprint density at radius 3 is 2.82 bits per heavy atom. The van der Waals surface area contributed by atoms with Crippen LogP contribution in [0.15, 0.2) is 29.2 Å². The number of aromatic nitrogens is 3. The summed E-state index contributed by atoms with van der Waals surface area (Å²) in [5.74, 6) is 0.383. The van der Waals surface area contributed by atoms with E-state index in [0.29, 0.717) is 35.1 Å². The summed E-state index contributed by atoms with van der Waals surface area (Å²) in [7, 11) is 0. The maximum absolute atomic E-state index is 12.2. The van der Waals surface area contributed by atoms with Crippen molar-refractivity contribution in [3.8, 4) is 0 Å². The van der Waals surface area contributed by atoms with E-state index in [0.717, 1.165) is 21.0 Å². The molecule has 0 aliphatic rings. The minimum atomic E-state index is -0.190. The molecule has 0 radical (unpaired) electrons. The largest absolute Gasteiger partial charge is 0.311 e. The lowest BCUT2D eigenvalue weighted by atomic mass is 10.1. The monoisotopic (exact) mass is 416 g/mol. The van der Waals surface area contributed by atoms with Crippen LogP contribution >= 0.6 is 22.9 Å². The standard InChI is InChI=1S/C20H21ClN4O2S/c1-11-5-4-6-14(18(11)21)9-15-10-22-20(28-15)25-17(26)8-7-16-12(2)23-13(3)24-19(16)27/h4-6,10H,7-9H2,1-3H3,(H,22,25,26)(H,23,24,27). The average molecular weight is 417 g/mol. The summed E-state index contributed by atoms with van der Waals surface area (Å²) in [4.78, 5) is 36.4. The van der Waals surface area contributed by atoms with Gasteiger partial charge in [-0.3, -0.25) is 9.59 Å². The molecule has 3 aromatic rings. The van der Waals surface area contributed by atoms with Crippen molar-refractivity contribution in [2.75, 3.05) is 5.32 Å². The van der Waals surface area contributed by atoms with Gasteiger partial charge in [0.25, 0.3) is 5.56 Å². The Bertz CT molecular complexity index is 1070. The molecule has 3 rings (SSSR count). The number of halogens is 1. The molecule has 0 aliphatic carbocycles. The van der Waals surface area contributed by atoms with E-state index in [1.165, 1.54) is 11.3 Å². The predicted octanol–water partition coefficient (Wildman–Crippen LogP) is 3.97. The molecule has 0 saturated heterocycles. The third kappa shape index (κ3) is 4.85. The highest BCUT2D eigenvalue weighted by molar-refractivity contribution is 7.15. The molecule has 0 atom stereocenters. The van der Waals surface area contributed by atoms with Gasteiger partial charge >= 0.3 is 0 Å².